The number of thioether (sulfide) groups is 1. The SMILES string of the molecule is O=C1/C(=C\c2cccc(OCc3ccc(Cl)cc3)c2)SC(=S)N1c1ccccc1. The molecule has 0 unspecified atom stereocenters. The van der Waals surface area contributed by atoms with Gasteiger partial charge >= 0.3 is 0 Å². The number of ether oxygens (including phenoxy) is 1. The number of para-hydroxylation sites is 1. The molecule has 3 nitrogen and oxygen atoms in total. The van der Waals surface area contributed by atoms with E-state index < -0.39 is 0 Å². The van der Waals surface area contributed by atoms with E-state index in [0.29, 0.717) is 20.9 Å². The smallest absolute Gasteiger partial charge is 0.270 e. The van der Waals surface area contributed by atoms with Crippen LogP contribution in [0.2, 0.25) is 5.02 Å². The summed E-state index contributed by atoms with van der Waals surface area (Å²) in [5.74, 6) is 0.617. The van der Waals surface area contributed by atoms with Crippen LogP contribution >= 0.6 is 35.6 Å². The third-order valence-corrected chi connectivity index (χ3v) is 5.84. The summed E-state index contributed by atoms with van der Waals surface area (Å²) in [4.78, 5) is 15.0. The molecule has 1 saturated heterocycles. The van der Waals surface area contributed by atoms with Crippen molar-refractivity contribution in [2.75, 3.05) is 4.90 Å². The van der Waals surface area contributed by atoms with E-state index in [2.05, 4.69) is 0 Å². The zero-order chi connectivity index (χ0) is 20.2. The number of hydrogen-bond acceptors (Lipinski definition) is 4. The summed E-state index contributed by atoms with van der Waals surface area (Å²) in [6, 6.07) is 24.6. The van der Waals surface area contributed by atoms with Crippen LogP contribution in [0.4, 0.5) is 5.69 Å². The van der Waals surface area contributed by atoms with Gasteiger partial charge < -0.3 is 4.74 Å². The number of anilines is 1. The molecule has 3 aromatic carbocycles. The number of nitrogens with zero attached hydrogens (tertiary/aromatic N) is 1. The second kappa shape index (κ2) is 8.82. The van der Waals surface area contributed by atoms with Crippen LogP contribution in [0.15, 0.2) is 83.8 Å². The van der Waals surface area contributed by atoms with Gasteiger partial charge in [-0.1, -0.05) is 78.0 Å². The fourth-order valence-electron chi connectivity index (χ4n) is 2.86. The number of hydrogen-bond donors (Lipinski definition) is 0. The van der Waals surface area contributed by atoms with Gasteiger partial charge in [0.15, 0.2) is 4.32 Å². The maximum absolute atomic E-state index is 12.9. The zero-order valence-corrected chi connectivity index (χ0v) is 17.6. The van der Waals surface area contributed by atoms with Gasteiger partial charge in [-0.15, -0.1) is 0 Å². The Hall–Kier alpha value is -2.60. The summed E-state index contributed by atoms with van der Waals surface area (Å²) in [5.41, 5.74) is 2.69. The van der Waals surface area contributed by atoms with Crippen molar-refractivity contribution in [1.82, 2.24) is 0 Å². The van der Waals surface area contributed by atoms with E-state index >= 15 is 0 Å². The maximum Gasteiger partial charge on any atom is 0.270 e. The third kappa shape index (κ3) is 4.70. The summed E-state index contributed by atoms with van der Waals surface area (Å²) < 4.78 is 6.41. The molecule has 1 aliphatic rings. The molecule has 0 saturated carbocycles. The minimum absolute atomic E-state index is 0.112. The largest absolute Gasteiger partial charge is 0.489 e. The number of carbonyl (C=O) groups is 1. The van der Waals surface area contributed by atoms with E-state index in [-0.39, 0.29) is 5.91 Å². The van der Waals surface area contributed by atoms with Gasteiger partial charge in [-0.2, -0.15) is 0 Å². The highest BCUT2D eigenvalue weighted by molar-refractivity contribution is 8.27. The fourth-order valence-corrected chi connectivity index (χ4v) is 4.29. The van der Waals surface area contributed by atoms with Gasteiger partial charge in [0.25, 0.3) is 5.91 Å². The van der Waals surface area contributed by atoms with Crippen molar-refractivity contribution >= 4 is 57.6 Å². The maximum atomic E-state index is 12.9. The second-order valence-corrected chi connectivity index (χ2v) is 8.45. The minimum Gasteiger partial charge on any atom is -0.489 e. The van der Waals surface area contributed by atoms with Crippen LogP contribution in [0, 0.1) is 0 Å². The molecule has 29 heavy (non-hydrogen) atoms. The molecule has 3 aromatic rings. The summed E-state index contributed by atoms with van der Waals surface area (Å²) in [5, 5.41) is 0.698. The van der Waals surface area contributed by atoms with Crippen molar-refractivity contribution in [3.8, 4) is 5.75 Å². The molecule has 1 amide bonds. The van der Waals surface area contributed by atoms with Crippen LogP contribution in [-0.2, 0) is 11.4 Å². The van der Waals surface area contributed by atoms with Gasteiger partial charge in [-0.3, -0.25) is 9.69 Å². The molecule has 1 fully saturated rings. The molecule has 4 rings (SSSR count). The quantitative estimate of drug-likeness (QED) is 0.345. The van der Waals surface area contributed by atoms with E-state index in [1.807, 2.05) is 84.9 Å². The van der Waals surface area contributed by atoms with Crippen LogP contribution in [-0.4, -0.2) is 10.2 Å². The van der Waals surface area contributed by atoms with E-state index in [4.69, 9.17) is 28.6 Å². The minimum atomic E-state index is -0.112. The van der Waals surface area contributed by atoms with Gasteiger partial charge in [0.05, 0.1) is 10.6 Å². The highest BCUT2D eigenvalue weighted by atomic mass is 35.5. The highest BCUT2D eigenvalue weighted by Crippen LogP contribution is 2.36. The Morgan fingerprint density at radius 3 is 2.52 bits per heavy atom. The molecule has 0 spiro atoms. The van der Waals surface area contributed by atoms with Crippen molar-refractivity contribution < 1.29 is 9.53 Å². The number of thiocarbonyl (C=S) groups is 1. The first-order chi connectivity index (χ1) is 14.1. The third-order valence-electron chi connectivity index (χ3n) is 4.28. The lowest BCUT2D eigenvalue weighted by molar-refractivity contribution is -0.113. The second-order valence-electron chi connectivity index (χ2n) is 6.34. The predicted octanol–water partition coefficient (Wildman–Crippen LogP) is 6.32. The number of amides is 1. The zero-order valence-electron chi connectivity index (χ0n) is 15.2. The lowest BCUT2D eigenvalue weighted by Crippen LogP contribution is -2.27. The van der Waals surface area contributed by atoms with Gasteiger partial charge in [0.1, 0.15) is 12.4 Å². The molecule has 6 heteroatoms. The standard InChI is InChI=1S/C23H16ClNO2S2/c24-18-11-9-16(10-12-18)15-27-20-8-4-5-17(13-20)14-21-22(26)25(23(28)29-21)19-6-2-1-3-7-19/h1-14H,15H2/b21-14+. The molecule has 0 aliphatic carbocycles. The van der Waals surface area contributed by atoms with E-state index in [0.717, 1.165) is 22.6 Å². The van der Waals surface area contributed by atoms with Crippen molar-refractivity contribution in [3.63, 3.8) is 0 Å². The Labute approximate surface area is 183 Å². The van der Waals surface area contributed by atoms with E-state index in [1.165, 1.54) is 11.8 Å². The van der Waals surface area contributed by atoms with Crippen LogP contribution in [0.25, 0.3) is 6.08 Å². The van der Waals surface area contributed by atoms with Gasteiger partial charge in [-0.05, 0) is 53.6 Å². The first kappa shape index (κ1) is 19.7. The Kier molecular flexibility index (Phi) is 6.00. The first-order valence-electron chi connectivity index (χ1n) is 8.90. The van der Waals surface area contributed by atoms with Crippen LogP contribution in [0.3, 0.4) is 0 Å². The number of rotatable bonds is 5. The lowest BCUT2D eigenvalue weighted by Gasteiger charge is -2.13. The summed E-state index contributed by atoms with van der Waals surface area (Å²) >= 11 is 12.6. The molecule has 144 valence electrons. The predicted molar refractivity (Wildman–Crippen MR) is 124 cm³/mol. The van der Waals surface area contributed by atoms with Crippen LogP contribution in [0.5, 0.6) is 5.75 Å². The molecular weight excluding hydrogens is 422 g/mol. The topological polar surface area (TPSA) is 29.5 Å². The molecule has 0 radical (unpaired) electrons. The lowest BCUT2D eigenvalue weighted by atomic mass is 10.2. The number of carbonyl (C=O) groups excluding carboxylic acids is 1. The van der Waals surface area contributed by atoms with Crippen molar-refractivity contribution in [3.05, 3.63) is 99.9 Å². The van der Waals surface area contributed by atoms with E-state index in [1.54, 1.807) is 4.90 Å². The van der Waals surface area contributed by atoms with Gasteiger partial charge in [0.2, 0.25) is 0 Å². The Bertz CT molecular complexity index is 1080. The van der Waals surface area contributed by atoms with Crippen molar-refractivity contribution in [2.45, 2.75) is 6.61 Å². The first-order valence-corrected chi connectivity index (χ1v) is 10.5. The molecule has 1 heterocycles. The molecular formula is C23H16ClNO2S2. The molecule has 0 aromatic heterocycles. The van der Waals surface area contributed by atoms with Crippen LogP contribution < -0.4 is 9.64 Å². The monoisotopic (exact) mass is 437 g/mol. The van der Waals surface area contributed by atoms with Crippen LogP contribution in [0.1, 0.15) is 11.1 Å². The summed E-state index contributed by atoms with van der Waals surface area (Å²) in [6.45, 7) is 0.441. The average molecular weight is 438 g/mol. The Morgan fingerprint density at radius 1 is 1.00 bits per heavy atom. The molecule has 0 bridgehead atoms. The van der Waals surface area contributed by atoms with Gasteiger partial charge in [0, 0.05) is 5.02 Å². The van der Waals surface area contributed by atoms with Crippen molar-refractivity contribution in [1.29, 1.82) is 0 Å². The fraction of sp³-hybridized carbons (Fsp3) is 0.0435. The highest BCUT2D eigenvalue weighted by Gasteiger charge is 2.33. The van der Waals surface area contributed by atoms with Crippen molar-refractivity contribution in [2.24, 2.45) is 0 Å². The summed E-state index contributed by atoms with van der Waals surface area (Å²) in [7, 11) is 0. The number of benzene rings is 3. The normalized spacial score (nSPS) is 15.2. The molecule has 1 aliphatic heterocycles. The van der Waals surface area contributed by atoms with Gasteiger partial charge in [-0.25, -0.2) is 0 Å². The average Bonchev–Trinajstić information content (AvgIpc) is 3.01. The van der Waals surface area contributed by atoms with E-state index in [9.17, 15) is 4.79 Å². The molecule has 0 N–H and O–H groups in total. The Balaban J connectivity index is 1.50. The number of halogens is 1. The molecule has 0 atom stereocenters. The summed E-state index contributed by atoms with van der Waals surface area (Å²) in [6.07, 6.45) is 1.84. The Morgan fingerprint density at radius 2 is 1.76 bits per heavy atom.